The van der Waals surface area contributed by atoms with Gasteiger partial charge in [0.1, 0.15) is 0 Å². The second kappa shape index (κ2) is 5.01. The first-order valence-electron chi connectivity index (χ1n) is 5.64. The highest BCUT2D eigenvalue weighted by Crippen LogP contribution is 2.15. The first kappa shape index (κ1) is 12.6. The van der Waals surface area contributed by atoms with E-state index in [0.29, 0.717) is 5.56 Å². The largest absolute Gasteiger partial charge is 0.399 e. The lowest BCUT2D eigenvalue weighted by atomic mass is 10.1. The summed E-state index contributed by atoms with van der Waals surface area (Å²) in [6.45, 7) is 8.66. The third kappa shape index (κ3) is 2.54. The van der Waals surface area contributed by atoms with E-state index in [4.69, 9.17) is 5.73 Å². The van der Waals surface area contributed by atoms with Gasteiger partial charge in [0.15, 0.2) is 0 Å². The van der Waals surface area contributed by atoms with E-state index < -0.39 is 0 Å². The smallest absolute Gasteiger partial charge is 0.254 e. The lowest BCUT2D eigenvalue weighted by molar-refractivity contribution is 0.0717. The number of rotatable bonds is 3. The number of nitrogens with two attached hydrogens (primary N) is 1. The molecule has 3 heteroatoms. The Morgan fingerprint density at radius 1 is 1.44 bits per heavy atom. The van der Waals surface area contributed by atoms with Crippen molar-refractivity contribution in [3.8, 4) is 0 Å². The van der Waals surface area contributed by atoms with E-state index in [0.717, 1.165) is 17.8 Å². The zero-order chi connectivity index (χ0) is 12.3. The number of nitrogen functional groups attached to an aromatic ring is 1. The molecule has 88 valence electrons. The first-order valence-corrected chi connectivity index (χ1v) is 5.64. The van der Waals surface area contributed by atoms with Gasteiger partial charge in [0, 0.05) is 23.8 Å². The molecule has 0 fully saturated rings. The Labute approximate surface area is 97.2 Å². The molecular formula is C13H20N2O. The molecule has 0 radical (unpaired) electrons. The Kier molecular flexibility index (Phi) is 3.93. The third-order valence-corrected chi connectivity index (χ3v) is 2.74. The summed E-state index contributed by atoms with van der Waals surface area (Å²) in [5.41, 5.74) is 8.12. The Morgan fingerprint density at radius 3 is 2.50 bits per heavy atom. The highest BCUT2D eigenvalue weighted by atomic mass is 16.2. The predicted octanol–water partition coefficient (Wildman–Crippen LogP) is 2.45. The van der Waals surface area contributed by atoms with Gasteiger partial charge in [-0.3, -0.25) is 4.79 Å². The van der Waals surface area contributed by atoms with Gasteiger partial charge in [-0.15, -0.1) is 0 Å². The minimum absolute atomic E-state index is 0.0700. The summed E-state index contributed by atoms with van der Waals surface area (Å²) in [7, 11) is 0. The molecule has 0 unspecified atom stereocenters. The normalized spacial score (nSPS) is 10.6. The number of hydrogen-bond donors (Lipinski definition) is 1. The van der Waals surface area contributed by atoms with Crippen molar-refractivity contribution in [2.75, 3.05) is 12.3 Å². The molecule has 3 nitrogen and oxygen atoms in total. The molecule has 1 aromatic rings. The van der Waals surface area contributed by atoms with Crippen LogP contribution in [0.15, 0.2) is 18.2 Å². The number of carbonyl (C=O) groups is 1. The molecule has 1 aromatic carbocycles. The van der Waals surface area contributed by atoms with Gasteiger partial charge in [0.2, 0.25) is 0 Å². The summed E-state index contributed by atoms with van der Waals surface area (Å²) in [5, 5.41) is 0. The molecular weight excluding hydrogens is 200 g/mol. The van der Waals surface area contributed by atoms with E-state index in [-0.39, 0.29) is 11.9 Å². The number of benzene rings is 1. The van der Waals surface area contributed by atoms with Crippen molar-refractivity contribution in [2.24, 2.45) is 0 Å². The summed E-state index contributed by atoms with van der Waals surface area (Å²) in [6, 6.07) is 5.64. The molecule has 0 heterocycles. The molecule has 0 bridgehead atoms. The summed E-state index contributed by atoms with van der Waals surface area (Å²) in [5.74, 6) is 0.0700. The van der Waals surface area contributed by atoms with E-state index >= 15 is 0 Å². The summed E-state index contributed by atoms with van der Waals surface area (Å²) < 4.78 is 0. The molecule has 0 aliphatic heterocycles. The predicted molar refractivity (Wildman–Crippen MR) is 67.4 cm³/mol. The minimum atomic E-state index is 0.0700. The van der Waals surface area contributed by atoms with Crippen LogP contribution in [0.25, 0.3) is 0 Å². The van der Waals surface area contributed by atoms with E-state index in [2.05, 4.69) is 0 Å². The SMILES string of the molecule is CCN(C(=O)c1ccc(N)c(C)c1)C(C)C. The Balaban J connectivity index is 2.99. The van der Waals surface area contributed by atoms with E-state index in [1.807, 2.05) is 38.7 Å². The van der Waals surface area contributed by atoms with Crippen molar-refractivity contribution < 1.29 is 4.79 Å². The topological polar surface area (TPSA) is 46.3 Å². The Morgan fingerprint density at radius 2 is 2.06 bits per heavy atom. The van der Waals surface area contributed by atoms with Gasteiger partial charge in [-0.2, -0.15) is 0 Å². The average Bonchev–Trinajstić information content (AvgIpc) is 2.22. The maximum atomic E-state index is 12.2. The van der Waals surface area contributed by atoms with E-state index in [1.165, 1.54) is 0 Å². The quantitative estimate of drug-likeness (QED) is 0.795. The number of carbonyl (C=O) groups excluding carboxylic acids is 1. The molecule has 2 N–H and O–H groups in total. The fraction of sp³-hybridized carbons (Fsp3) is 0.462. The fourth-order valence-electron chi connectivity index (χ4n) is 1.72. The first-order chi connectivity index (χ1) is 7.47. The standard InChI is InChI=1S/C13H20N2O/c1-5-15(9(2)3)13(16)11-6-7-12(14)10(4)8-11/h6-9H,5,14H2,1-4H3. The molecule has 16 heavy (non-hydrogen) atoms. The lowest BCUT2D eigenvalue weighted by Gasteiger charge is -2.25. The third-order valence-electron chi connectivity index (χ3n) is 2.74. The van der Waals surface area contributed by atoms with Crippen LogP contribution in [0.2, 0.25) is 0 Å². The number of anilines is 1. The van der Waals surface area contributed by atoms with Crippen LogP contribution < -0.4 is 5.73 Å². The van der Waals surface area contributed by atoms with Crippen molar-refractivity contribution in [2.45, 2.75) is 33.7 Å². The maximum Gasteiger partial charge on any atom is 0.254 e. The number of aryl methyl sites for hydroxylation is 1. The summed E-state index contributed by atoms with van der Waals surface area (Å²) in [4.78, 5) is 14.0. The van der Waals surface area contributed by atoms with Crippen LogP contribution in [0.4, 0.5) is 5.69 Å². The van der Waals surface area contributed by atoms with Crippen molar-refractivity contribution in [1.29, 1.82) is 0 Å². The van der Waals surface area contributed by atoms with Gasteiger partial charge in [-0.25, -0.2) is 0 Å². The molecule has 0 atom stereocenters. The molecule has 0 aliphatic carbocycles. The Bertz CT molecular complexity index is 386. The second-order valence-electron chi connectivity index (χ2n) is 4.26. The molecule has 0 spiro atoms. The van der Waals surface area contributed by atoms with Crippen LogP contribution in [-0.2, 0) is 0 Å². The van der Waals surface area contributed by atoms with Crippen LogP contribution in [0.5, 0.6) is 0 Å². The molecule has 0 saturated carbocycles. The van der Waals surface area contributed by atoms with Crippen LogP contribution in [-0.4, -0.2) is 23.4 Å². The van der Waals surface area contributed by atoms with Crippen LogP contribution in [0.1, 0.15) is 36.7 Å². The fourth-order valence-corrected chi connectivity index (χ4v) is 1.72. The van der Waals surface area contributed by atoms with Crippen molar-refractivity contribution >= 4 is 11.6 Å². The van der Waals surface area contributed by atoms with E-state index in [1.54, 1.807) is 12.1 Å². The van der Waals surface area contributed by atoms with Crippen LogP contribution in [0, 0.1) is 6.92 Å². The molecule has 1 rings (SSSR count). The lowest BCUT2D eigenvalue weighted by Crippen LogP contribution is -2.36. The zero-order valence-electron chi connectivity index (χ0n) is 10.4. The van der Waals surface area contributed by atoms with Gasteiger partial charge < -0.3 is 10.6 Å². The molecule has 0 aromatic heterocycles. The number of hydrogen-bond acceptors (Lipinski definition) is 2. The maximum absolute atomic E-state index is 12.2. The number of nitrogens with zero attached hydrogens (tertiary/aromatic N) is 1. The van der Waals surface area contributed by atoms with Gasteiger partial charge in [0.25, 0.3) is 5.91 Å². The summed E-state index contributed by atoms with van der Waals surface area (Å²) >= 11 is 0. The van der Waals surface area contributed by atoms with Gasteiger partial charge in [0.05, 0.1) is 0 Å². The molecule has 0 aliphatic rings. The van der Waals surface area contributed by atoms with Gasteiger partial charge in [-0.1, -0.05) is 0 Å². The zero-order valence-corrected chi connectivity index (χ0v) is 10.4. The highest BCUT2D eigenvalue weighted by molar-refractivity contribution is 5.95. The van der Waals surface area contributed by atoms with Crippen LogP contribution in [0.3, 0.4) is 0 Å². The van der Waals surface area contributed by atoms with Gasteiger partial charge >= 0.3 is 0 Å². The monoisotopic (exact) mass is 220 g/mol. The van der Waals surface area contributed by atoms with Crippen molar-refractivity contribution in [3.63, 3.8) is 0 Å². The molecule has 1 amide bonds. The minimum Gasteiger partial charge on any atom is -0.399 e. The average molecular weight is 220 g/mol. The van der Waals surface area contributed by atoms with Crippen LogP contribution >= 0.6 is 0 Å². The highest BCUT2D eigenvalue weighted by Gasteiger charge is 2.16. The van der Waals surface area contributed by atoms with Crippen molar-refractivity contribution in [1.82, 2.24) is 4.90 Å². The molecule has 0 saturated heterocycles. The number of amides is 1. The summed E-state index contributed by atoms with van der Waals surface area (Å²) in [6.07, 6.45) is 0. The van der Waals surface area contributed by atoms with Gasteiger partial charge in [-0.05, 0) is 51.5 Å². The Hall–Kier alpha value is -1.51. The second-order valence-corrected chi connectivity index (χ2v) is 4.26. The van der Waals surface area contributed by atoms with E-state index in [9.17, 15) is 4.79 Å². The van der Waals surface area contributed by atoms with Crippen molar-refractivity contribution in [3.05, 3.63) is 29.3 Å².